The normalized spacial score (nSPS) is 11.5. The Morgan fingerprint density at radius 1 is 1.29 bits per heavy atom. The fourth-order valence-electron chi connectivity index (χ4n) is 1.83. The largest absolute Gasteiger partial charge is 0.493 e. The first kappa shape index (κ1) is 15.8. The maximum absolute atomic E-state index is 6.08. The van der Waals surface area contributed by atoms with Crippen molar-refractivity contribution in [3.05, 3.63) is 29.3 Å². The first-order chi connectivity index (χ1) is 9.95. The Bertz CT molecular complexity index is 603. The Hall–Kier alpha value is -1.59. The second kappa shape index (κ2) is 6.45. The van der Waals surface area contributed by atoms with Crippen LogP contribution in [0.15, 0.2) is 23.6 Å². The lowest BCUT2D eigenvalue weighted by Gasteiger charge is -2.14. The van der Waals surface area contributed by atoms with Gasteiger partial charge in [0.1, 0.15) is 5.01 Å². The zero-order chi connectivity index (χ0) is 15.5. The number of nitrogens with two attached hydrogens (primary N) is 1. The van der Waals surface area contributed by atoms with E-state index in [-0.39, 0.29) is 0 Å². The summed E-state index contributed by atoms with van der Waals surface area (Å²) >= 11 is 1.58. The smallest absolute Gasteiger partial charge is 0.161 e. The molecule has 0 fully saturated rings. The first-order valence-electron chi connectivity index (χ1n) is 7.01. The lowest BCUT2D eigenvalue weighted by Crippen LogP contribution is -2.28. The van der Waals surface area contributed by atoms with Gasteiger partial charge in [-0.1, -0.05) is 6.92 Å². The second-order valence-electron chi connectivity index (χ2n) is 5.47. The topological polar surface area (TPSA) is 57.4 Å². The summed E-state index contributed by atoms with van der Waals surface area (Å²) in [6, 6.07) is 5.88. The molecule has 0 aliphatic carbocycles. The quantitative estimate of drug-likeness (QED) is 0.882. The number of nitrogens with zero attached hydrogens (tertiary/aromatic N) is 1. The van der Waals surface area contributed by atoms with E-state index in [9.17, 15) is 0 Å². The van der Waals surface area contributed by atoms with E-state index in [1.807, 2.05) is 37.4 Å². The number of thiazole rings is 1. The molecule has 2 rings (SSSR count). The molecule has 0 unspecified atom stereocenters. The van der Waals surface area contributed by atoms with Crippen LogP contribution >= 0.6 is 11.3 Å². The highest BCUT2D eigenvalue weighted by Crippen LogP contribution is 2.34. The van der Waals surface area contributed by atoms with Crippen molar-refractivity contribution in [1.82, 2.24) is 4.98 Å². The number of rotatable bonds is 6. The number of hydrogen-bond acceptors (Lipinski definition) is 5. The molecule has 0 aliphatic rings. The van der Waals surface area contributed by atoms with Gasteiger partial charge in [0.15, 0.2) is 11.5 Å². The zero-order valence-electron chi connectivity index (χ0n) is 13.0. The van der Waals surface area contributed by atoms with Crippen LogP contribution in [-0.2, 0) is 5.54 Å². The van der Waals surface area contributed by atoms with Crippen LogP contribution in [0.4, 0.5) is 0 Å². The molecule has 0 aliphatic heterocycles. The van der Waals surface area contributed by atoms with Crippen LogP contribution in [-0.4, -0.2) is 18.7 Å². The van der Waals surface area contributed by atoms with Crippen molar-refractivity contribution in [2.75, 3.05) is 13.7 Å². The molecule has 0 radical (unpaired) electrons. The van der Waals surface area contributed by atoms with E-state index < -0.39 is 5.54 Å². The Balaban J connectivity index is 2.30. The minimum Gasteiger partial charge on any atom is -0.493 e. The molecule has 4 nitrogen and oxygen atoms in total. The number of hydrogen-bond donors (Lipinski definition) is 1. The van der Waals surface area contributed by atoms with Crippen molar-refractivity contribution < 1.29 is 9.47 Å². The van der Waals surface area contributed by atoms with Gasteiger partial charge in [0.05, 0.1) is 24.9 Å². The molecule has 0 amide bonds. The summed E-state index contributed by atoms with van der Waals surface area (Å²) in [5.74, 6) is 1.49. The second-order valence-corrected chi connectivity index (χ2v) is 6.33. The summed E-state index contributed by atoms with van der Waals surface area (Å²) in [6.07, 6.45) is 0.965. The van der Waals surface area contributed by atoms with Crippen LogP contribution in [0.5, 0.6) is 11.5 Å². The van der Waals surface area contributed by atoms with Gasteiger partial charge in [0, 0.05) is 10.9 Å². The number of benzene rings is 1. The summed E-state index contributed by atoms with van der Waals surface area (Å²) < 4.78 is 11.1. The minimum atomic E-state index is -0.428. The van der Waals surface area contributed by atoms with Gasteiger partial charge in [-0.2, -0.15) is 0 Å². The molecule has 0 bridgehead atoms. The summed E-state index contributed by atoms with van der Waals surface area (Å²) in [4.78, 5) is 4.62. The molecule has 2 N–H and O–H groups in total. The summed E-state index contributed by atoms with van der Waals surface area (Å²) in [6.45, 7) is 6.66. The fourth-order valence-corrected chi connectivity index (χ4v) is 2.83. The average molecular weight is 306 g/mol. The van der Waals surface area contributed by atoms with Gasteiger partial charge in [0.25, 0.3) is 0 Å². The lowest BCUT2D eigenvalue weighted by molar-refractivity contribution is 0.294. The van der Waals surface area contributed by atoms with Crippen LogP contribution in [0, 0.1) is 0 Å². The van der Waals surface area contributed by atoms with E-state index in [4.69, 9.17) is 15.2 Å². The highest BCUT2D eigenvalue weighted by Gasteiger charge is 2.19. The van der Waals surface area contributed by atoms with Crippen molar-refractivity contribution in [1.29, 1.82) is 0 Å². The lowest BCUT2D eigenvalue weighted by atomic mass is 10.0. The predicted octanol–water partition coefficient (Wildman–Crippen LogP) is 3.80. The molecule has 1 heterocycles. The van der Waals surface area contributed by atoms with Crippen LogP contribution < -0.4 is 15.2 Å². The van der Waals surface area contributed by atoms with E-state index in [2.05, 4.69) is 11.9 Å². The molecule has 0 saturated carbocycles. The van der Waals surface area contributed by atoms with Crippen molar-refractivity contribution >= 4 is 11.3 Å². The molecule has 114 valence electrons. The third kappa shape index (κ3) is 3.74. The standard InChI is InChI=1S/C16H22N2O2S/c1-5-8-20-12-7-6-11(9-13(12)19-4)15-18-14(10-21-15)16(2,3)17/h6-7,9-10H,5,8,17H2,1-4H3. The zero-order valence-corrected chi connectivity index (χ0v) is 13.8. The molecule has 21 heavy (non-hydrogen) atoms. The van der Waals surface area contributed by atoms with Crippen LogP contribution in [0.2, 0.25) is 0 Å². The monoisotopic (exact) mass is 306 g/mol. The molecular weight excluding hydrogens is 284 g/mol. The van der Waals surface area contributed by atoms with Crippen molar-refractivity contribution in [3.8, 4) is 22.1 Å². The Labute approximate surface area is 129 Å². The van der Waals surface area contributed by atoms with E-state index >= 15 is 0 Å². The predicted molar refractivity (Wildman–Crippen MR) is 87.1 cm³/mol. The highest BCUT2D eigenvalue weighted by atomic mass is 32.1. The van der Waals surface area contributed by atoms with Gasteiger partial charge >= 0.3 is 0 Å². The van der Waals surface area contributed by atoms with E-state index in [0.29, 0.717) is 6.61 Å². The summed E-state index contributed by atoms with van der Waals surface area (Å²) in [5, 5.41) is 2.94. The molecular formula is C16H22N2O2S. The average Bonchev–Trinajstić information content (AvgIpc) is 2.94. The molecule has 1 aromatic carbocycles. The molecule has 1 aromatic heterocycles. The van der Waals surface area contributed by atoms with Crippen LogP contribution in [0.1, 0.15) is 32.9 Å². The van der Waals surface area contributed by atoms with E-state index in [1.54, 1.807) is 18.4 Å². The number of methoxy groups -OCH3 is 1. The van der Waals surface area contributed by atoms with E-state index in [1.165, 1.54) is 0 Å². The number of aromatic nitrogens is 1. The fraction of sp³-hybridized carbons (Fsp3) is 0.438. The first-order valence-corrected chi connectivity index (χ1v) is 7.89. The van der Waals surface area contributed by atoms with Crippen molar-refractivity contribution in [2.24, 2.45) is 5.73 Å². The maximum atomic E-state index is 6.08. The summed E-state index contributed by atoms with van der Waals surface area (Å²) in [7, 11) is 1.65. The SMILES string of the molecule is CCCOc1ccc(-c2nc(C(C)(C)N)cs2)cc1OC. The van der Waals surface area contributed by atoms with Crippen molar-refractivity contribution in [2.45, 2.75) is 32.7 Å². The van der Waals surface area contributed by atoms with Crippen LogP contribution in [0.25, 0.3) is 10.6 Å². The van der Waals surface area contributed by atoms with Gasteiger partial charge < -0.3 is 15.2 Å². The Morgan fingerprint density at radius 3 is 2.62 bits per heavy atom. The minimum absolute atomic E-state index is 0.428. The van der Waals surface area contributed by atoms with Gasteiger partial charge in [-0.15, -0.1) is 11.3 Å². The Kier molecular flexibility index (Phi) is 4.85. The third-order valence-corrected chi connectivity index (χ3v) is 3.93. The molecule has 2 aromatic rings. The summed E-state index contributed by atoms with van der Waals surface area (Å²) in [5.41, 5.74) is 7.56. The third-order valence-electron chi connectivity index (χ3n) is 3.04. The highest BCUT2D eigenvalue weighted by molar-refractivity contribution is 7.13. The number of ether oxygens (including phenoxy) is 2. The van der Waals surface area contributed by atoms with Gasteiger partial charge in [0.2, 0.25) is 0 Å². The molecule has 0 spiro atoms. The van der Waals surface area contributed by atoms with Gasteiger partial charge in [-0.3, -0.25) is 0 Å². The van der Waals surface area contributed by atoms with Crippen LogP contribution in [0.3, 0.4) is 0 Å². The molecule has 0 atom stereocenters. The van der Waals surface area contributed by atoms with E-state index in [0.717, 1.165) is 34.2 Å². The molecule has 0 saturated heterocycles. The van der Waals surface area contributed by atoms with Crippen molar-refractivity contribution in [3.63, 3.8) is 0 Å². The van der Waals surface area contributed by atoms with Gasteiger partial charge in [-0.25, -0.2) is 4.98 Å². The molecule has 5 heteroatoms. The Morgan fingerprint density at radius 2 is 2.05 bits per heavy atom. The maximum Gasteiger partial charge on any atom is 0.161 e. The van der Waals surface area contributed by atoms with Gasteiger partial charge in [-0.05, 0) is 38.5 Å².